The average molecular weight is 328 g/mol. The van der Waals surface area contributed by atoms with Crippen LogP contribution in [0, 0.1) is 12.7 Å². The van der Waals surface area contributed by atoms with Crippen LogP contribution in [0.15, 0.2) is 27.1 Å². The van der Waals surface area contributed by atoms with E-state index in [1.54, 1.807) is 26.0 Å². The van der Waals surface area contributed by atoms with Crippen molar-refractivity contribution < 1.29 is 18.3 Å². The molecule has 0 saturated heterocycles. The van der Waals surface area contributed by atoms with Crippen molar-refractivity contribution in [1.29, 1.82) is 0 Å². The van der Waals surface area contributed by atoms with E-state index in [1.807, 2.05) is 0 Å². The molecule has 0 spiro atoms. The average Bonchev–Trinajstić information content (AvgIpc) is 2.71. The highest BCUT2D eigenvalue weighted by molar-refractivity contribution is 9.10. The van der Waals surface area contributed by atoms with Crippen molar-refractivity contribution in [2.24, 2.45) is 0 Å². The first-order valence-corrected chi connectivity index (χ1v) is 6.42. The zero-order valence-corrected chi connectivity index (χ0v) is 12.0. The van der Waals surface area contributed by atoms with Gasteiger partial charge in [-0.25, -0.2) is 14.2 Å². The van der Waals surface area contributed by atoms with Crippen LogP contribution in [-0.4, -0.2) is 17.6 Å². The smallest absolute Gasteiger partial charge is 0.376 e. The number of halogens is 2. The van der Waals surface area contributed by atoms with Crippen LogP contribution < -0.4 is 0 Å². The second kappa shape index (κ2) is 5.52. The highest BCUT2D eigenvalue weighted by Gasteiger charge is 2.22. The summed E-state index contributed by atoms with van der Waals surface area (Å²) in [7, 11) is 0. The van der Waals surface area contributed by atoms with E-state index in [1.165, 1.54) is 6.07 Å². The van der Waals surface area contributed by atoms with Gasteiger partial charge in [0.25, 0.3) is 0 Å². The van der Waals surface area contributed by atoms with Gasteiger partial charge < -0.3 is 9.15 Å². The number of nitrogens with zero attached hydrogens (tertiary/aromatic N) is 1. The SMILES string of the molecule is CCOC(=O)c1oc(-c2c(F)cccc2Br)nc1C. The van der Waals surface area contributed by atoms with E-state index in [9.17, 15) is 9.18 Å². The molecule has 0 N–H and O–H groups in total. The Balaban J connectivity index is 2.48. The Labute approximate surface area is 117 Å². The molecule has 0 fully saturated rings. The van der Waals surface area contributed by atoms with E-state index in [0.29, 0.717) is 10.2 Å². The number of oxazole rings is 1. The van der Waals surface area contributed by atoms with E-state index >= 15 is 0 Å². The Morgan fingerprint density at radius 2 is 2.26 bits per heavy atom. The maximum absolute atomic E-state index is 13.8. The molecule has 0 aliphatic heterocycles. The molecule has 0 bridgehead atoms. The Kier molecular flexibility index (Phi) is 3.99. The van der Waals surface area contributed by atoms with Gasteiger partial charge in [0, 0.05) is 4.47 Å². The topological polar surface area (TPSA) is 52.3 Å². The number of benzene rings is 1. The van der Waals surface area contributed by atoms with Gasteiger partial charge in [0.1, 0.15) is 5.82 Å². The van der Waals surface area contributed by atoms with Crippen LogP contribution in [0.1, 0.15) is 23.2 Å². The van der Waals surface area contributed by atoms with Crippen LogP contribution in [0.4, 0.5) is 4.39 Å². The molecular formula is C13H11BrFNO3. The van der Waals surface area contributed by atoms with Gasteiger partial charge in [-0.2, -0.15) is 0 Å². The van der Waals surface area contributed by atoms with Gasteiger partial charge in [-0.05, 0) is 41.9 Å². The lowest BCUT2D eigenvalue weighted by molar-refractivity contribution is 0.0490. The van der Waals surface area contributed by atoms with Crippen LogP contribution in [0.3, 0.4) is 0 Å². The molecule has 0 unspecified atom stereocenters. The van der Waals surface area contributed by atoms with Crippen molar-refractivity contribution in [3.05, 3.63) is 39.9 Å². The predicted molar refractivity (Wildman–Crippen MR) is 70.3 cm³/mol. The summed E-state index contributed by atoms with van der Waals surface area (Å²) in [5.74, 6) is -1.05. The van der Waals surface area contributed by atoms with Gasteiger partial charge in [-0.15, -0.1) is 0 Å². The molecule has 19 heavy (non-hydrogen) atoms. The molecule has 0 atom stereocenters. The molecule has 4 nitrogen and oxygen atoms in total. The summed E-state index contributed by atoms with van der Waals surface area (Å²) in [6.07, 6.45) is 0. The molecule has 0 aliphatic carbocycles. The third-order valence-corrected chi connectivity index (χ3v) is 3.09. The zero-order chi connectivity index (χ0) is 14.0. The van der Waals surface area contributed by atoms with Gasteiger partial charge in [-0.1, -0.05) is 6.07 Å². The minimum Gasteiger partial charge on any atom is -0.460 e. The molecule has 6 heteroatoms. The highest BCUT2D eigenvalue weighted by Crippen LogP contribution is 2.31. The van der Waals surface area contributed by atoms with Crippen molar-refractivity contribution in [1.82, 2.24) is 4.98 Å². The monoisotopic (exact) mass is 327 g/mol. The fourth-order valence-corrected chi connectivity index (χ4v) is 2.10. The Morgan fingerprint density at radius 3 is 2.89 bits per heavy atom. The molecule has 1 heterocycles. The van der Waals surface area contributed by atoms with E-state index in [-0.39, 0.29) is 23.8 Å². The Morgan fingerprint density at radius 1 is 1.53 bits per heavy atom. The minimum absolute atomic E-state index is 0.00740. The molecule has 1 aromatic carbocycles. The highest BCUT2D eigenvalue weighted by atomic mass is 79.9. The zero-order valence-electron chi connectivity index (χ0n) is 10.4. The van der Waals surface area contributed by atoms with Crippen molar-refractivity contribution in [3.63, 3.8) is 0 Å². The number of hydrogen-bond donors (Lipinski definition) is 0. The number of aromatic nitrogens is 1. The normalized spacial score (nSPS) is 10.5. The maximum Gasteiger partial charge on any atom is 0.376 e. The molecule has 0 radical (unpaired) electrons. The van der Waals surface area contributed by atoms with Crippen LogP contribution in [-0.2, 0) is 4.74 Å². The molecule has 0 saturated carbocycles. The van der Waals surface area contributed by atoms with Crippen molar-refractivity contribution in [3.8, 4) is 11.5 Å². The minimum atomic E-state index is -0.605. The number of esters is 1. The van der Waals surface area contributed by atoms with Crippen molar-refractivity contribution in [2.45, 2.75) is 13.8 Å². The lowest BCUT2D eigenvalue weighted by Gasteiger charge is -2.01. The van der Waals surface area contributed by atoms with Crippen LogP contribution in [0.25, 0.3) is 11.5 Å². The summed E-state index contributed by atoms with van der Waals surface area (Å²) in [6, 6.07) is 4.52. The third kappa shape index (κ3) is 2.68. The number of rotatable bonds is 3. The summed E-state index contributed by atoms with van der Waals surface area (Å²) in [6.45, 7) is 3.53. The molecule has 2 aromatic rings. The molecular weight excluding hydrogens is 317 g/mol. The van der Waals surface area contributed by atoms with E-state index in [2.05, 4.69) is 20.9 Å². The van der Waals surface area contributed by atoms with E-state index in [0.717, 1.165) is 0 Å². The molecule has 0 amide bonds. The summed E-state index contributed by atoms with van der Waals surface area (Å²) in [5.41, 5.74) is 0.546. The number of hydrogen-bond acceptors (Lipinski definition) is 4. The number of ether oxygens (including phenoxy) is 1. The van der Waals surface area contributed by atoms with E-state index in [4.69, 9.17) is 9.15 Å². The largest absolute Gasteiger partial charge is 0.460 e. The van der Waals surface area contributed by atoms with Crippen LogP contribution >= 0.6 is 15.9 Å². The second-order valence-electron chi connectivity index (χ2n) is 3.75. The number of carbonyl (C=O) groups is 1. The summed E-state index contributed by atoms with van der Waals surface area (Å²) >= 11 is 3.23. The first-order valence-electron chi connectivity index (χ1n) is 5.63. The quantitative estimate of drug-likeness (QED) is 0.806. The second-order valence-corrected chi connectivity index (χ2v) is 4.61. The fraction of sp³-hybridized carbons (Fsp3) is 0.231. The number of carbonyl (C=O) groups excluding carboxylic acids is 1. The molecule has 1 aromatic heterocycles. The first-order chi connectivity index (χ1) is 9.04. The van der Waals surface area contributed by atoms with Crippen LogP contribution in [0.5, 0.6) is 0 Å². The first kappa shape index (κ1) is 13.7. The summed E-state index contributed by atoms with van der Waals surface area (Å²) < 4.78 is 24.4. The molecule has 0 aliphatic rings. The van der Waals surface area contributed by atoms with Crippen molar-refractivity contribution >= 4 is 21.9 Å². The predicted octanol–water partition coefficient (Wildman–Crippen LogP) is 3.73. The summed E-state index contributed by atoms with van der Waals surface area (Å²) in [5, 5.41) is 0. The maximum atomic E-state index is 13.8. The van der Waals surface area contributed by atoms with Crippen molar-refractivity contribution in [2.75, 3.05) is 6.61 Å². The standard InChI is InChI=1S/C13H11BrFNO3/c1-3-18-13(17)11-7(2)16-12(19-11)10-8(14)5-4-6-9(10)15/h4-6H,3H2,1-2H3. The van der Waals surface area contributed by atoms with Crippen LogP contribution in [0.2, 0.25) is 0 Å². The van der Waals surface area contributed by atoms with Gasteiger partial charge in [-0.3, -0.25) is 0 Å². The lowest BCUT2D eigenvalue weighted by Crippen LogP contribution is -2.04. The van der Waals surface area contributed by atoms with E-state index < -0.39 is 11.8 Å². The summed E-state index contributed by atoms with van der Waals surface area (Å²) in [4.78, 5) is 15.7. The Hall–Kier alpha value is -1.69. The fourth-order valence-electron chi connectivity index (χ4n) is 1.59. The van der Waals surface area contributed by atoms with Gasteiger partial charge in [0.15, 0.2) is 0 Å². The van der Waals surface area contributed by atoms with Gasteiger partial charge in [0.05, 0.1) is 17.9 Å². The molecule has 2 rings (SSSR count). The van der Waals surface area contributed by atoms with Gasteiger partial charge >= 0.3 is 5.97 Å². The molecule has 100 valence electrons. The van der Waals surface area contributed by atoms with Gasteiger partial charge in [0.2, 0.25) is 11.7 Å². The lowest BCUT2D eigenvalue weighted by atomic mass is 10.2. The number of aryl methyl sites for hydroxylation is 1. The Bertz CT molecular complexity index is 604. The third-order valence-electron chi connectivity index (χ3n) is 2.43.